The fourth-order valence-corrected chi connectivity index (χ4v) is 3.01. The van der Waals surface area contributed by atoms with E-state index in [0.717, 1.165) is 0 Å². The van der Waals surface area contributed by atoms with Gasteiger partial charge in [-0.3, -0.25) is 14.9 Å². The summed E-state index contributed by atoms with van der Waals surface area (Å²) in [4.78, 5) is 36.3. The van der Waals surface area contributed by atoms with Crippen molar-refractivity contribution in [2.45, 2.75) is 0 Å². The minimum absolute atomic E-state index is 0.0210. The Labute approximate surface area is 183 Å². The SMILES string of the molecule is COc1cc(OC)c(C(=O)c2ccccc2C(=O)Oc2ccc([N+](=O)[O-])cc2)cc1OC. The molecule has 9 nitrogen and oxygen atoms in total. The van der Waals surface area contributed by atoms with Crippen LogP contribution in [0.1, 0.15) is 26.3 Å². The summed E-state index contributed by atoms with van der Waals surface area (Å²) in [5.41, 5.74) is 0.138. The smallest absolute Gasteiger partial charge is 0.344 e. The third-order valence-electron chi connectivity index (χ3n) is 4.60. The monoisotopic (exact) mass is 437 g/mol. The lowest BCUT2D eigenvalue weighted by Gasteiger charge is -2.14. The van der Waals surface area contributed by atoms with Crippen molar-refractivity contribution in [3.63, 3.8) is 0 Å². The number of ether oxygens (including phenoxy) is 4. The molecule has 32 heavy (non-hydrogen) atoms. The van der Waals surface area contributed by atoms with Gasteiger partial charge in [0.2, 0.25) is 0 Å². The highest BCUT2D eigenvalue weighted by molar-refractivity contribution is 6.16. The minimum atomic E-state index is -0.790. The third kappa shape index (κ3) is 4.51. The van der Waals surface area contributed by atoms with Gasteiger partial charge in [0.15, 0.2) is 17.3 Å². The Morgan fingerprint density at radius 1 is 0.750 bits per heavy atom. The van der Waals surface area contributed by atoms with Crippen LogP contribution in [0.15, 0.2) is 60.7 Å². The van der Waals surface area contributed by atoms with E-state index in [1.165, 1.54) is 69.9 Å². The fraction of sp³-hybridized carbons (Fsp3) is 0.130. The van der Waals surface area contributed by atoms with Gasteiger partial charge in [-0.2, -0.15) is 0 Å². The predicted molar refractivity (Wildman–Crippen MR) is 114 cm³/mol. The molecule has 0 amide bonds. The molecule has 0 atom stereocenters. The topological polar surface area (TPSA) is 114 Å². The second kappa shape index (κ2) is 9.61. The quantitative estimate of drug-likeness (QED) is 0.170. The van der Waals surface area contributed by atoms with E-state index >= 15 is 0 Å². The molecular formula is C23H19NO8. The highest BCUT2D eigenvalue weighted by Crippen LogP contribution is 2.36. The zero-order valence-electron chi connectivity index (χ0n) is 17.5. The van der Waals surface area contributed by atoms with Gasteiger partial charge in [0.1, 0.15) is 11.5 Å². The average molecular weight is 437 g/mol. The van der Waals surface area contributed by atoms with Crippen molar-refractivity contribution in [3.8, 4) is 23.0 Å². The van der Waals surface area contributed by atoms with E-state index in [0.29, 0.717) is 11.5 Å². The maximum atomic E-state index is 13.3. The van der Waals surface area contributed by atoms with E-state index in [-0.39, 0.29) is 33.9 Å². The number of hydrogen-bond acceptors (Lipinski definition) is 8. The van der Waals surface area contributed by atoms with Crippen molar-refractivity contribution >= 4 is 17.4 Å². The molecule has 0 radical (unpaired) electrons. The first-order chi connectivity index (χ1) is 15.4. The normalized spacial score (nSPS) is 10.2. The number of nitro groups is 1. The van der Waals surface area contributed by atoms with Gasteiger partial charge in [0.05, 0.1) is 37.4 Å². The lowest BCUT2D eigenvalue weighted by Crippen LogP contribution is -2.15. The van der Waals surface area contributed by atoms with Crippen molar-refractivity contribution in [2.75, 3.05) is 21.3 Å². The first-order valence-electron chi connectivity index (χ1n) is 9.30. The zero-order chi connectivity index (χ0) is 23.3. The largest absolute Gasteiger partial charge is 0.496 e. The lowest BCUT2D eigenvalue weighted by atomic mass is 9.97. The molecule has 0 saturated carbocycles. The first-order valence-corrected chi connectivity index (χ1v) is 9.30. The Bertz CT molecular complexity index is 1170. The van der Waals surface area contributed by atoms with Crippen LogP contribution >= 0.6 is 0 Å². The Morgan fingerprint density at radius 2 is 1.31 bits per heavy atom. The number of nitrogens with zero attached hydrogens (tertiary/aromatic N) is 1. The summed E-state index contributed by atoms with van der Waals surface area (Å²) in [7, 11) is 4.31. The van der Waals surface area contributed by atoms with Crippen LogP contribution in [0.4, 0.5) is 5.69 Å². The molecule has 0 unspecified atom stereocenters. The van der Waals surface area contributed by atoms with Gasteiger partial charge < -0.3 is 18.9 Å². The van der Waals surface area contributed by atoms with E-state index in [2.05, 4.69) is 0 Å². The zero-order valence-corrected chi connectivity index (χ0v) is 17.5. The van der Waals surface area contributed by atoms with Crippen molar-refractivity contribution in [2.24, 2.45) is 0 Å². The molecule has 3 aromatic carbocycles. The van der Waals surface area contributed by atoms with E-state index in [4.69, 9.17) is 18.9 Å². The summed E-state index contributed by atoms with van der Waals surface area (Å²) in [5.74, 6) is -0.228. The van der Waals surface area contributed by atoms with Gasteiger partial charge in [-0.15, -0.1) is 0 Å². The molecule has 0 bridgehead atoms. The number of benzene rings is 3. The molecule has 0 fully saturated rings. The van der Waals surface area contributed by atoms with Gasteiger partial charge >= 0.3 is 5.97 Å². The first kappa shape index (κ1) is 22.3. The summed E-state index contributed by atoms with van der Waals surface area (Å²) < 4.78 is 21.2. The van der Waals surface area contributed by atoms with Crippen LogP contribution in [0, 0.1) is 10.1 Å². The number of rotatable bonds is 8. The predicted octanol–water partition coefficient (Wildman–Crippen LogP) is 4.07. The van der Waals surface area contributed by atoms with Crippen LogP contribution in [0.5, 0.6) is 23.0 Å². The number of nitro benzene ring substituents is 1. The third-order valence-corrected chi connectivity index (χ3v) is 4.60. The van der Waals surface area contributed by atoms with E-state index in [9.17, 15) is 19.7 Å². The van der Waals surface area contributed by atoms with E-state index < -0.39 is 16.7 Å². The molecule has 0 aliphatic carbocycles. The van der Waals surface area contributed by atoms with Gasteiger partial charge in [-0.1, -0.05) is 18.2 Å². The number of methoxy groups -OCH3 is 3. The summed E-state index contributed by atoms with van der Waals surface area (Å²) in [6, 6.07) is 14.2. The van der Waals surface area contributed by atoms with Crippen molar-refractivity contribution in [1.29, 1.82) is 0 Å². The summed E-state index contributed by atoms with van der Waals surface area (Å²) in [5, 5.41) is 10.8. The molecule has 0 aliphatic rings. The van der Waals surface area contributed by atoms with Gasteiger partial charge in [-0.25, -0.2) is 4.79 Å². The molecule has 164 valence electrons. The number of hydrogen-bond donors (Lipinski definition) is 0. The second-order valence-corrected chi connectivity index (χ2v) is 6.42. The highest BCUT2D eigenvalue weighted by atomic mass is 16.6. The van der Waals surface area contributed by atoms with Crippen LogP contribution in [0.3, 0.4) is 0 Å². The highest BCUT2D eigenvalue weighted by Gasteiger charge is 2.24. The van der Waals surface area contributed by atoms with Crippen molar-refractivity contribution in [3.05, 3.63) is 87.5 Å². The standard InChI is InChI=1S/C23H19NO8/c1-29-19-13-21(31-3)20(30-2)12-18(19)22(25)16-6-4-5-7-17(16)23(26)32-15-10-8-14(9-11-15)24(27)28/h4-13H,1-3H3. The molecule has 3 aromatic rings. The minimum Gasteiger partial charge on any atom is -0.496 e. The van der Waals surface area contributed by atoms with Crippen LogP contribution in [-0.4, -0.2) is 38.0 Å². The maximum absolute atomic E-state index is 13.3. The fourth-order valence-electron chi connectivity index (χ4n) is 3.01. The molecule has 0 N–H and O–H groups in total. The molecule has 0 spiro atoms. The summed E-state index contributed by atoms with van der Waals surface area (Å²) >= 11 is 0. The van der Waals surface area contributed by atoms with Gasteiger partial charge in [-0.05, 0) is 24.3 Å². The Hall–Kier alpha value is -4.40. The van der Waals surface area contributed by atoms with Crippen LogP contribution in [-0.2, 0) is 0 Å². The maximum Gasteiger partial charge on any atom is 0.344 e. The van der Waals surface area contributed by atoms with E-state index in [1.807, 2.05) is 0 Å². The Balaban J connectivity index is 1.96. The van der Waals surface area contributed by atoms with Crippen LogP contribution in [0.25, 0.3) is 0 Å². The molecule has 3 rings (SSSR count). The van der Waals surface area contributed by atoms with E-state index in [1.54, 1.807) is 12.1 Å². The number of non-ortho nitro benzene ring substituents is 1. The summed E-state index contributed by atoms with van der Waals surface area (Å²) in [6.07, 6.45) is 0. The van der Waals surface area contributed by atoms with Crippen molar-refractivity contribution in [1.82, 2.24) is 0 Å². The molecule has 9 heteroatoms. The molecule has 0 saturated heterocycles. The van der Waals surface area contributed by atoms with Crippen molar-refractivity contribution < 1.29 is 33.5 Å². The van der Waals surface area contributed by atoms with Crippen LogP contribution in [0.2, 0.25) is 0 Å². The van der Waals surface area contributed by atoms with Gasteiger partial charge in [0.25, 0.3) is 5.69 Å². The lowest BCUT2D eigenvalue weighted by molar-refractivity contribution is -0.384. The molecule has 0 heterocycles. The molecular weight excluding hydrogens is 418 g/mol. The molecule has 0 aromatic heterocycles. The number of esters is 1. The molecule has 0 aliphatic heterocycles. The van der Waals surface area contributed by atoms with Gasteiger partial charge in [0, 0.05) is 23.8 Å². The second-order valence-electron chi connectivity index (χ2n) is 6.42. The summed E-state index contributed by atoms with van der Waals surface area (Å²) in [6.45, 7) is 0. The Kier molecular flexibility index (Phi) is 6.69. The number of ketones is 1. The van der Waals surface area contributed by atoms with Crippen LogP contribution < -0.4 is 18.9 Å². The number of carbonyl (C=O) groups is 2. The number of carbonyl (C=O) groups excluding carboxylic acids is 2. The average Bonchev–Trinajstić information content (AvgIpc) is 2.82. The Morgan fingerprint density at radius 3 is 1.88 bits per heavy atom.